The minimum Gasteiger partial charge on any atom is -0.381 e. The Balaban J connectivity index is 0.000000239. The fourth-order valence-electron chi connectivity index (χ4n) is 1.24. The van der Waals surface area contributed by atoms with E-state index in [0.717, 1.165) is 37.5 Å². The smallest absolute Gasteiger partial charge is 0.381 e. The summed E-state index contributed by atoms with van der Waals surface area (Å²) in [5.74, 6) is 0. The van der Waals surface area contributed by atoms with Gasteiger partial charge in [0.2, 0.25) is 0 Å². The first-order chi connectivity index (χ1) is 8.04. The van der Waals surface area contributed by atoms with Gasteiger partial charge in [-0.3, -0.25) is 0 Å². The predicted molar refractivity (Wildman–Crippen MR) is 56.2 cm³/mol. The van der Waals surface area contributed by atoms with E-state index in [1.807, 2.05) is 0 Å². The van der Waals surface area contributed by atoms with Crippen LogP contribution in [0.1, 0.15) is 24.0 Å². The van der Waals surface area contributed by atoms with Gasteiger partial charge in [0.15, 0.2) is 0 Å². The van der Waals surface area contributed by atoms with Crippen molar-refractivity contribution in [3.63, 3.8) is 0 Å². The Labute approximate surface area is 97.6 Å². The Hall–Kier alpha value is -1.54. The molecule has 0 radical (unpaired) electrons. The van der Waals surface area contributed by atoms with Crippen LogP contribution in [0.25, 0.3) is 0 Å². The second-order valence-electron chi connectivity index (χ2n) is 3.51. The minimum absolute atomic E-state index is 0.225. The number of benzene rings is 1. The van der Waals surface area contributed by atoms with Crippen LogP contribution in [0.4, 0.5) is 13.2 Å². The Bertz CT molecular complexity index is 367. The third kappa shape index (κ3) is 4.87. The second kappa shape index (κ2) is 6.26. The lowest BCUT2D eigenvalue weighted by atomic mass is 10.1. The van der Waals surface area contributed by atoms with E-state index in [9.17, 15) is 13.2 Å². The number of halogens is 3. The summed E-state index contributed by atoms with van der Waals surface area (Å²) in [6.07, 6.45) is -1.77. The summed E-state index contributed by atoms with van der Waals surface area (Å²) in [6.45, 7) is 2.00. The Morgan fingerprint density at radius 3 is 1.88 bits per heavy atom. The summed E-state index contributed by atoms with van der Waals surface area (Å²) in [7, 11) is 0. The van der Waals surface area contributed by atoms with Gasteiger partial charge in [-0.15, -0.1) is 0 Å². The van der Waals surface area contributed by atoms with Crippen molar-refractivity contribution in [1.29, 1.82) is 5.26 Å². The number of alkyl halides is 3. The molecule has 17 heavy (non-hydrogen) atoms. The van der Waals surface area contributed by atoms with Crippen LogP contribution in [-0.2, 0) is 10.9 Å². The predicted octanol–water partition coefficient (Wildman–Crippen LogP) is 3.37. The Kier molecular flexibility index (Phi) is 4.98. The number of ether oxygens (including phenoxy) is 1. The van der Waals surface area contributed by atoms with Crippen LogP contribution < -0.4 is 0 Å². The van der Waals surface area contributed by atoms with Crippen molar-refractivity contribution in [1.82, 2.24) is 0 Å². The summed E-state index contributed by atoms with van der Waals surface area (Å²) in [6, 6.07) is 5.80. The van der Waals surface area contributed by atoms with Gasteiger partial charge in [-0.1, -0.05) is 0 Å². The lowest BCUT2D eigenvalue weighted by Gasteiger charge is -2.04. The van der Waals surface area contributed by atoms with E-state index in [1.165, 1.54) is 12.8 Å². The lowest BCUT2D eigenvalue weighted by molar-refractivity contribution is -0.137. The molecule has 0 bridgehead atoms. The molecule has 1 heterocycles. The number of hydrogen-bond acceptors (Lipinski definition) is 2. The van der Waals surface area contributed by atoms with Gasteiger partial charge in [0, 0.05) is 13.2 Å². The molecule has 0 saturated carbocycles. The summed E-state index contributed by atoms with van der Waals surface area (Å²) >= 11 is 0. The van der Waals surface area contributed by atoms with Crippen LogP contribution in [0.15, 0.2) is 24.3 Å². The maximum absolute atomic E-state index is 11.9. The van der Waals surface area contributed by atoms with E-state index in [-0.39, 0.29) is 5.56 Å². The maximum atomic E-state index is 11.9. The third-order valence-electron chi connectivity index (χ3n) is 2.17. The molecular formula is C12H12F3NO. The molecule has 1 aliphatic rings. The summed E-state index contributed by atoms with van der Waals surface area (Å²) in [5, 5.41) is 8.30. The zero-order valence-corrected chi connectivity index (χ0v) is 9.13. The molecule has 0 unspecified atom stereocenters. The van der Waals surface area contributed by atoms with Gasteiger partial charge in [0.05, 0.1) is 17.2 Å². The van der Waals surface area contributed by atoms with E-state index in [2.05, 4.69) is 0 Å². The molecule has 0 amide bonds. The molecule has 0 atom stereocenters. The highest BCUT2D eigenvalue weighted by molar-refractivity contribution is 5.32. The first kappa shape index (κ1) is 13.5. The molecule has 1 aromatic rings. The molecule has 0 aromatic heterocycles. The van der Waals surface area contributed by atoms with Gasteiger partial charge >= 0.3 is 6.18 Å². The largest absolute Gasteiger partial charge is 0.416 e. The standard InChI is InChI=1S/C8H4F3N.C4H8O/c9-8(10,11)7-3-1-6(5-12)2-4-7;1-2-4-5-3-1/h1-4H;1-4H2. The summed E-state index contributed by atoms with van der Waals surface area (Å²) in [5.41, 5.74) is -0.510. The van der Waals surface area contributed by atoms with Crippen LogP contribution in [0.2, 0.25) is 0 Å². The number of nitrogens with zero attached hydrogens (tertiary/aromatic N) is 1. The van der Waals surface area contributed by atoms with Crippen molar-refractivity contribution in [2.45, 2.75) is 19.0 Å². The monoisotopic (exact) mass is 243 g/mol. The van der Waals surface area contributed by atoms with Crippen molar-refractivity contribution in [3.05, 3.63) is 35.4 Å². The molecule has 1 saturated heterocycles. The molecule has 92 valence electrons. The van der Waals surface area contributed by atoms with Gasteiger partial charge in [-0.05, 0) is 37.1 Å². The average Bonchev–Trinajstić information content (AvgIpc) is 2.86. The highest BCUT2D eigenvalue weighted by atomic mass is 19.4. The Morgan fingerprint density at radius 2 is 1.59 bits per heavy atom. The van der Waals surface area contributed by atoms with E-state index >= 15 is 0 Å². The first-order valence-electron chi connectivity index (χ1n) is 5.19. The first-order valence-corrected chi connectivity index (χ1v) is 5.19. The molecule has 0 aliphatic carbocycles. The zero-order chi connectivity index (χ0) is 12.7. The molecule has 1 fully saturated rings. The highest BCUT2D eigenvalue weighted by Gasteiger charge is 2.29. The van der Waals surface area contributed by atoms with Crippen molar-refractivity contribution >= 4 is 0 Å². The van der Waals surface area contributed by atoms with E-state index < -0.39 is 11.7 Å². The Morgan fingerprint density at radius 1 is 1.06 bits per heavy atom. The van der Waals surface area contributed by atoms with E-state index in [4.69, 9.17) is 10.00 Å². The van der Waals surface area contributed by atoms with E-state index in [0.29, 0.717) is 0 Å². The molecule has 2 nitrogen and oxygen atoms in total. The molecule has 0 spiro atoms. The number of hydrogen-bond donors (Lipinski definition) is 0. The summed E-state index contributed by atoms with van der Waals surface area (Å²) in [4.78, 5) is 0. The fraction of sp³-hybridized carbons (Fsp3) is 0.417. The van der Waals surface area contributed by atoms with Crippen LogP contribution in [0.3, 0.4) is 0 Å². The molecule has 0 N–H and O–H groups in total. The van der Waals surface area contributed by atoms with Crippen LogP contribution in [-0.4, -0.2) is 13.2 Å². The van der Waals surface area contributed by atoms with E-state index in [1.54, 1.807) is 6.07 Å². The van der Waals surface area contributed by atoms with Gasteiger partial charge < -0.3 is 4.74 Å². The van der Waals surface area contributed by atoms with Crippen LogP contribution >= 0.6 is 0 Å². The maximum Gasteiger partial charge on any atom is 0.416 e. The van der Waals surface area contributed by atoms with Crippen LogP contribution in [0.5, 0.6) is 0 Å². The molecular weight excluding hydrogens is 231 g/mol. The fourth-order valence-corrected chi connectivity index (χ4v) is 1.24. The topological polar surface area (TPSA) is 33.0 Å². The van der Waals surface area contributed by atoms with Crippen molar-refractivity contribution in [2.75, 3.05) is 13.2 Å². The van der Waals surface area contributed by atoms with Gasteiger partial charge in [-0.2, -0.15) is 18.4 Å². The van der Waals surface area contributed by atoms with Crippen molar-refractivity contribution < 1.29 is 17.9 Å². The van der Waals surface area contributed by atoms with Gasteiger partial charge in [0.25, 0.3) is 0 Å². The lowest BCUT2D eigenvalue weighted by Crippen LogP contribution is -2.03. The number of rotatable bonds is 0. The molecule has 1 aliphatic heterocycles. The normalized spacial score (nSPS) is 14.7. The van der Waals surface area contributed by atoms with Crippen LogP contribution in [0, 0.1) is 11.3 Å². The molecule has 5 heteroatoms. The average molecular weight is 243 g/mol. The van der Waals surface area contributed by atoms with Gasteiger partial charge in [-0.25, -0.2) is 0 Å². The second-order valence-corrected chi connectivity index (χ2v) is 3.51. The zero-order valence-electron chi connectivity index (χ0n) is 9.13. The molecule has 1 aromatic carbocycles. The SMILES string of the molecule is C1CCOC1.N#Cc1ccc(C(F)(F)F)cc1. The summed E-state index contributed by atoms with van der Waals surface area (Å²) < 4.78 is 40.8. The van der Waals surface area contributed by atoms with Crippen molar-refractivity contribution in [2.24, 2.45) is 0 Å². The number of nitriles is 1. The molecule has 2 rings (SSSR count). The van der Waals surface area contributed by atoms with Gasteiger partial charge in [0.1, 0.15) is 0 Å². The van der Waals surface area contributed by atoms with Crippen molar-refractivity contribution in [3.8, 4) is 6.07 Å². The third-order valence-corrected chi connectivity index (χ3v) is 2.17. The minimum atomic E-state index is -4.33. The quantitative estimate of drug-likeness (QED) is 0.699. The highest BCUT2D eigenvalue weighted by Crippen LogP contribution is 2.28.